The van der Waals surface area contributed by atoms with E-state index in [0.29, 0.717) is 17.5 Å². The van der Waals surface area contributed by atoms with Crippen LogP contribution in [0.3, 0.4) is 0 Å². The van der Waals surface area contributed by atoms with E-state index in [1.165, 1.54) is 6.42 Å². The number of rotatable bonds is 2. The fraction of sp³-hybridized carbons (Fsp3) is 0.350. The minimum atomic E-state index is -0.108. The van der Waals surface area contributed by atoms with Gasteiger partial charge in [-0.15, -0.1) is 0 Å². The molecule has 0 aliphatic carbocycles. The number of para-hydroxylation sites is 2. The van der Waals surface area contributed by atoms with Crippen LogP contribution in [-0.2, 0) is 0 Å². The van der Waals surface area contributed by atoms with Gasteiger partial charge in [-0.3, -0.25) is 4.90 Å². The van der Waals surface area contributed by atoms with Gasteiger partial charge in [0, 0.05) is 19.1 Å². The fourth-order valence-corrected chi connectivity index (χ4v) is 3.88. The number of carbonyl (C=O) groups excluding carboxylic acids is 1. The summed E-state index contributed by atoms with van der Waals surface area (Å²) >= 11 is 0. The molecule has 0 spiro atoms. The van der Waals surface area contributed by atoms with Gasteiger partial charge < -0.3 is 15.0 Å². The molecule has 0 radical (unpaired) electrons. The maximum absolute atomic E-state index is 13.0. The van der Waals surface area contributed by atoms with Crippen molar-refractivity contribution < 1.29 is 9.53 Å². The monoisotopic (exact) mass is 337 g/mol. The summed E-state index contributed by atoms with van der Waals surface area (Å²) < 4.78 is 5.39. The van der Waals surface area contributed by atoms with Crippen molar-refractivity contribution in [1.29, 1.82) is 0 Å². The maximum atomic E-state index is 13.0. The predicted octanol–water partition coefficient (Wildman–Crippen LogP) is 4.02. The van der Waals surface area contributed by atoms with E-state index in [4.69, 9.17) is 4.74 Å². The molecular weight excluding hydrogens is 314 g/mol. The van der Waals surface area contributed by atoms with Gasteiger partial charge in [0.25, 0.3) is 0 Å². The Hall–Kier alpha value is -2.69. The molecule has 2 aliphatic heterocycles. The molecule has 0 bridgehead atoms. The Morgan fingerprint density at radius 1 is 1.20 bits per heavy atom. The van der Waals surface area contributed by atoms with Crippen LogP contribution in [0.2, 0.25) is 0 Å². The number of aryl methyl sites for hydroxylation is 1. The summed E-state index contributed by atoms with van der Waals surface area (Å²) in [6.07, 6.45) is 2.31. The van der Waals surface area contributed by atoms with Crippen LogP contribution in [0, 0.1) is 6.92 Å². The van der Waals surface area contributed by atoms with Crippen molar-refractivity contribution in [2.24, 2.45) is 0 Å². The number of urea groups is 1. The fourth-order valence-electron chi connectivity index (χ4n) is 3.88. The molecule has 1 saturated heterocycles. The molecule has 25 heavy (non-hydrogen) atoms. The van der Waals surface area contributed by atoms with Crippen LogP contribution < -0.4 is 19.9 Å². The maximum Gasteiger partial charge on any atom is 0.326 e. The zero-order chi connectivity index (χ0) is 17.4. The first kappa shape index (κ1) is 15.8. The van der Waals surface area contributed by atoms with Gasteiger partial charge in [-0.25, -0.2) is 4.79 Å². The van der Waals surface area contributed by atoms with E-state index in [-0.39, 0.29) is 6.03 Å². The number of anilines is 3. The number of hydrogen-bond donors (Lipinski definition) is 1. The van der Waals surface area contributed by atoms with Crippen molar-refractivity contribution in [2.75, 3.05) is 35.3 Å². The van der Waals surface area contributed by atoms with Gasteiger partial charge in [0.1, 0.15) is 5.75 Å². The Labute approximate surface area is 148 Å². The van der Waals surface area contributed by atoms with E-state index in [0.717, 1.165) is 36.4 Å². The van der Waals surface area contributed by atoms with Crippen LogP contribution in [0.5, 0.6) is 5.75 Å². The lowest BCUT2D eigenvalue weighted by Crippen LogP contribution is -2.49. The number of hydrogen-bond acceptors (Lipinski definition) is 3. The molecule has 1 N–H and O–H groups in total. The lowest BCUT2D eigenvalue weighted by molar-refractivity contribution is 0.256. The molecule has 130 valence electrons. The quantitative estimate of drug-likeness (QED) is 0.900. The number of benzene rings is 2. The van der Waals surface area contributed by atoms with Crippen molar-refractivity contribution in [3.63, 3.8) is 0 Å². The van der Waals surface area contributed by atoms with Crippen LogP contribution in [-0.4, -0.2) is 32.3 Å². The number of amides is 2. The number of nitrogens with zero attached hydrogens (tertiary/aromatic N) is 2. The van der Waals surface area contributed by atoms with Crippen molar-refractivity contribution >= 4 is 23.1 Å². The van der Waals surface area contributed by atoms with Gasteiger partial charge in [0.15, 0.2) is 0 Å². The van der Waals surface area contributed by atoms with Crippen molar-refractivity contribution in [3.8, 4) is 5.75 Å². The highest BCUT2D eigenvalue weighted by Gasteiger charge is 2.36. The van der Waals surface area contributed by atoms with Crippen LogP contribution in [0.15, 0.2) is 42.5 Å². The lowest BCUT2D eigenvalue weighted by atomic mass is 10.1. The molecule has 0 saturated carbocycles. The largest absolute Gasteiger partial charge is 0.495 e. The van der Waals surface area contributed by atoms with Gasteiger partial charge >= 0.3 is 6.03 Å². The summed E-state index contributed by atoms with van der Waals surface area (Å²) in [6, 6.07) is 14.3. The number of carbonyl (C=O) groups is 1. The van der Waals surface area contributed by atoms with E-state index in [1.54, 1.807) is 7.11 Å². The highest BCUT2D eigenvalue weighted by molar-refractivity contribution is 6.05. The number of nitrogens with one attached hydrogen (secondary N) is 1. The van der Waals surface area contributed by atoms with Crippen LogP contribution >= 0.6 is 0 Å². The minimum Gasteiger partial charge on any atom is -0.495 e. The third-order valence-electron chi connectivity index (χ3n) is 5.09. The SMILES string of the molecule is COc1ccc(C)cc1NC(=O)N1CC2CCCN2c2ccccc21. The molecule has 4 rings (SSSR count). The van der Waals surface area contributed by atoms with Crippen molar-refractivity contribution in [2.45, 2.75) is 25.8 Å². The predicted molar refractivity (Wildman–Crippen MR) is 101 cm³/mol. The molecule has 2 aliphatic rings. The summed E-state index contributed by atoms with van der Waals surface area (Å²) in [5, 5.41) is 3.04. The second-order valence-corrected chi connectivity index (χ2v) is 6.72. The summed E-state index contributed by atoms with van der Waals surface area (Å²) in [7, 11) is 1.62. The summed E-state index contributed by atoms with van der Waals surface area (Å²) in [5.74, 6) is 0.673. The molecule has 1 unspecified atom stereocenters. The Kier molecular flexibility index (Phi) is 3.99. The second-order valence-electron chi connectivity index (χ2n) is 6.72. The topological polar surface area (TPSA) is 44.8 Å². The van der Waals surface area contributed by atoms with Crippen molar-refractivity contribution in [3.05, 3.63) is 48.0 Å². The van der Waals surface area contributed by atoms with E-state index in [2.05, 4.69) is 16.3 Å². The molecule has 1 fully saturated rings. The smallest absolute Gasteiger partial charge is 0.326 e. The van der Waals surface area contributed by atoms with Gasteiger partial charge in [0.2, 0.25) is 0 Å². The summed E-state index contributed by atoms with van der Waals surface area (Å²) in [5.41, 5.74) is 3.92. The van der Waals surface area contributed by atoms with Gasteiger partial charge in [-0.2, -0.15) is 0 Å². The third kappa shape index (κ3) is 2.80. The van der Waals surface area contributed by atoms with E-state index in [1.807, 2.05) is 48.2 Å². The Bertz CT molecular complexity index is 805. The number of ether oxygens (including phenoxy) is 1. The second kappa shape index (κ2) is 6.31. The average molecular weight is 337 g/mol. The zero-order valence-electron chi connectivity index (χ0n) is 14.7. The number of fused-ring (bicyclic) bond motifs is 3. The molecule has 5 heteroatoms. The van der Waals surface area contributed by atoms with Crippen LogP contribution in [0.1, 0.15) is 18.4 Å². The first-order valence-corrected chi connectivity index (χ1v) is 8.76. The van der Waals surface area contributed by atoms with Gasteiger partial charge in [-0.1, -0.05) is 18.2 Å². The summed E-state index contributed by atoms with van der Waals surface area (Å²) in [6.45, 7) is 3.79. The van der Waals surface area contributed by atoms with Crippen molar-refractivity contribution in [1.82, 2.24) is 0 Å². The van der Waals surface area contributed by atoms with E-state index in [9.17, 15) is 4.79 Å². The molecule has 2 heterocycles. The van der Waals surface area contributed by atoms with Crippen LogP contribution in [0.4, 0.5) is 21.9 Å². The molecule has 2 aromatic carbocycles. The number of methoxy groups -OCH3 is 1. The molecule has 2 amide bonds. The first-order chi connectivity index (χ1) is 12.2. The highest BCUT2D eigenvalue weighted by atomic mass is 16.5. The molecular formula is C20H23N3O2. The lowest BCUT2D eigenvalue weighted by Gasteiger charge is -2.40. The normalized spacial score (nSPS) is 18.6. The van der Waals surface area contributed by atoms with Gasteiger partial charge in [0.05, 0.1) is 24.2 Å². The molecule has 2 aromatic rings. The zero-order valence-corrected chi connectivity index (χ0v) is 14.7. The molecule has 5 nitrogen and oxygen atoms in total. The average Bonchev–Trinajstić information content (AvgIpc) is 3.10. The minimum absolute atomic E-state index is 0.108. The molecule has 1 atom stereocenters. The standard InChI is InChI=1S/C20H23N3O2/c1-14-9-10-19(25-2)16(12-14)21-20(24)23-13-15-6-5-11-22(15)17-7-3-4-8-18(17)23/h3-4,7-10,12,15H,5-6,11,13H2,1-2H3,(H,21,24). The Morgan fingerprint density at radius 3 is 2.80 bits per heavy atom. The molecule has 0 aromatic heterocycles. The first-order valence-electron chi connectivity index (χ1n) is 8.76. The van der Waals surface area contributed by atoms with Gasteiger partial charge in [-0.05, 0) is 49.6 Å². The summed E-state index contributed by atoms with van der Waals surface area (Å²) in [4.78, 5) is 17.3. The van der Waals surface area contributed by atoms with Crippen LogP contribution in [0.25, 0.3) is 0 Å². The third-order valence-corrected chi connectivity index (χ3v) is 5.09. The highest BCUT2D eigenvalue weighted by Crippen LogP contribution is 2.39. The van der Waals surface area contributed by atoms with E-state index < -0.39 is 0 Å². The Morgan fingerprint density at radius 2 is 2.00 bits per heavy atom. The Balaban J connectivity index is 1.65. The van der Waals surface area contributed by atoms with E-state index >= 15 is 0 Å².